The van der Waals surface area contributed by atoms with E-state index in [4.69, 9.17) is 8.83 Å². The number of nitrogens with zero attached hydrogens (tertiary/aromatic N) is 1. The fraction of sp³-hybridized carbons (Fsp3) is 0.0164. The molecule has 2 aliphatic carbocycles. The summed E-state index contributed by atoms with van der Waals surface area (Å²) in [5.74, 6) is 0. The smallest absolute Gasteiger partial charge is 0.136 e. The average Bonchev–Trinajstić information content (AvgIpc) is 4.09. The van der Waals surface area contributed by atoms with E-state index in [0.29, 0.717) is 0 Å². The lowest BCUT2D eigenvalue weighted by molar-refractivity contribution is 0.664. The van der Waals surface area contributed by atoms with Gasteiger partial charge in [-0.15, -0.1) is 0 Å². The molecule has 0 unspecified atom stereocenters. The molecule has 0 amide bonds. The Morgan fingerprint density at radius 2 is 0.781 bits per heavy atom. The van der Waals surface area contributed by atoms with Crippen LogP contribution in [-0.2, 0) is 5.41 Å². The van der Waals surface area contributed by atoms with Gasteiger partial charge in [0.15, 0.2) is 0 Å². The zero-order valence-corrected chi connectivity index (χ0v) is 34.6. The minimum absolute atomic E-state index is 0.456. The molecule has 1 spiro atoms. The van der Waals surface area contributed by atoms with Gasteiger partial charge in [-0.05, 0) is 122 Å². The number of anilines is 3. The van der Waals surface area contributed by atoms with Gasteiger partial charge in [-0.1, -0.05) is 164 Å². The highest BCUT2D eigenvalue weighted by Gasteiger charge is 2.52. The Labute approximate surface area is 369 Å². The van der Waals surface area contributed by atoms with Gasteiger partial charge in [-0.3, -0.25) is 0 Å². The van der Waals surface area contributed by atoms with Gasteiger partial charge >= 0.3 is 0 Å². The quantitative estimate of drug-likeness (QED) is 0.173. The molecule has 2 aromatic heterocycles. The third-order valence-corrected chi connectivity index (χ3v) is 13.9. The normalized spacial score (nSPS) is 13.1. The van der Waals surface area contributed by atoms with Gasteiger partial charge in [0.05, 0.1) is 11.1 Å². The van der Waals surface area contributed by atoms with Crippen LogP contribution in [0.15, 0.2) is 233 Å². The number of benzene rings is 10. The first-order chi connectivity index (χ1) is 31.7. The van der Waals surface area contributed by atoms with Crippen molar-refractivity contribution >= 4 is 60.9 Å². The summed E-state index contributed by atoms with van der Waals surface area (Å²) in [6.45, 7) is 0. The summed E-state index contributed by atoms with van der Waals surface area (Å²) < 4.78 is 13.3. The molecule has 0 N–H and O–H groups in total. The molecule has 2 heterocycles. The van der Waals surface area contributed by atoms with Crippen molar-refractivity contribution in [2.45, 2.75) is 5.41 Å². The third-order valence-electron chi connectivity index (χ3n) is 13.9. The van der Waals surface area contributed by atoms with Gasteiger partial charge in [0.25, 0.3) is 0 Å². The van der Waals surface area contributed by atoms with E-state index in [1.54, 1.807) is 0 Å². The molecule has 0 saturated heterocycles. The van der Waals surface area contributed by atoms with E-state index in [9.17, 15) is 0 Å². The first-order valence-electron chi connectivity index (χ1n) is 22.0. The molecule has 3 nitrogen and oxygen atoms in total. The molecule has 0 fully saturated rings. The Bertz CT molecular complexity index is 3790. The van der Waals surface area contributed by atoms with Gasteiger partial charge in [-0.2, -0.15) is 0 Å². The second-order valence-corrected chi connectivity index (χ2v) is 17.1. The summed E-state index contributed by atoms with van der Waals surface area (Å²) in [4.78, 5) is 2.44. The van der Waals surface area contributed by atoms with Crippen LogP contribution >= 0.6 is 0 Å². The van der Waals surface area contributed by atoms with Crippen molar-refractivity contribution in [1.29, 1.82) is 0 Å². The van der Waals surface area contributed by atoms with Gasteiger partial charge in [0.2, 0.25) is 0 Å². The van der Waals surface area contributed by atoms with Crippen molar-refractivity contribution < 1.29 is 8.83 Å². The van der Waals surface area contributed by atoms with E-state index in [1.807, 2.05) is 6.07 Å². The Morgan fingerprint density at radius 3 is 1.47 bits per heavy atom. The maximum absolute atomic E-state index is 6.67. The number of hydrogen-bond donors (Lipinski definition) is 0. The number of fused-ring (bicyclic) bond motifs is 16. The van der Waals surface area contributed by atoms with Crippen LogP contribution in [0, 0.1) is 0 Å². The molecule has 0 atom stereocenters. The molecule has 0 radical (unpaired) electrons. The van der Waals surface area contributed by atoms with Gasteiger partial charge in [-0.25, -0.2) is 0 Å². The summed E-state index contributed by atoms with van der Waals surface area (Å²) in [5.41, 5.74) is 21.2. The average molecular weight is 816 g/mol. The van der Waals surface area contributed by atoms with E-state index in [2.05, 4.69) is 223 Å². The fourth-order valence-electron chi connectivity index (χ4n) is 11.2. The lowest BCUT2D eigenvalue weighted by Crippen LogP contribution is -2.26. The molecule has 12 aromatic rings. The summed E-state index contributed by atoms with van der Waals surface area (Å²) in [6, 6.07) is 81.5. The first-order valence-corrected chi connectivity index (χ1v) is 22.0. The molecule has 64 heavy (non-hydrogen) atoms. The number of furan rings is 2. The van der Waals surface area contributed by atoms with Crippen molar-refractivity contribution in [1.82, 2.24) is 0 Å². The Balaban J connectivity index is 0.991. The molecular weight excluding hydrogens is 779 g/mol. The van der Waals surface area contributed by atoms with E-state index in [1.165, 1.54) is 55.6 Å². The second-order valence-electron chi connectivity index (χ2n) is 17.1. The van der Waals surface area contributed by atoms with Gasteiger partial charge < -0.3 is 13.7 Å². The number of rotatable bonds is 5. The second kappa shape index (κ2) is 13.3. The van der Waals surface area contributed by atoms with Crippen molar-refractivity contribution in [3.8, 4) is 44.5 Å². The van der Waals surface area contributed by atoms with Crippen LogP contribution in [-0.4, -0.2) is 0 Å². The molecule has 14 rings (SSSR count). The first kappa shape index (κ1) is 35.2. The van der Waals surface area contributed by atoms with Crippen LogP contribution in [0.4, 0.5) is 17.1 Å². The van der Waals surface area contributed by atoms with E-state index < -0.39 is 5.41 Å². The summed E-state index contributed by atoms with van der Waals surface area (Å²) in [5, 5.41) is 4.18. The Hall–Kier alpha value is -8.40. The van der Waals surface area contributed by atoms with Crippen LogP contribution in [0.3, 0.4) is 0 Å². The highest BCUT2D eigenvalue weighted by molar-refractivity contribution is 6.16. The standard InChI is InChI=1S/C61H37NO2/c1-3-14-38(15-4-1)40-26-29-42(30-27-40)62(55-25-13-24-54-60(55)47-20-9-12-23-53(47)61(54)51-21-10-7-18-44(51)45-19-8-11-22-52(45)61)43-31-33-56-48(35-43)50-37-58-49(36-59(50)63-56)46-32-28-41(34-57(46)64-58)39-16-5-2-6-17-39/h1-37H. The Kier molecular flexibility index (Phi) is 7.32. The highest BCUT2D eigenvalue weighted by atomic mass is 16.3. The topological polar surface area (TPSA) is 29.5 Å². The maximum Gasteiger partial charge on any atom is 0.136 e. The van der Waals surface area contributed by atoms with Crippen molar-refractivity contribution in [3.63, 3.8) is 0 Å². The molecule has 3 heteroatoms. The molecule has 0 aliphatic heterocycles. The summed E-state index contributed by atoms with van der Waals surface area (Å²) in [6.07, 6.45) is 0. The number of hydrogen-bond acceptors (Lipinski definition) is 3. The predicted octanol–water partition coefficient (Wildman–Crippen LogP) is 16.6. The van der Waals surface area contributed by atoms with E-state index >= 15 is 0 Å². The summed E-state index contributed by atoms with van der Waals surface area (Å²) >= 11 is 0. The zero-order chi connectivity index (χ0) is 41.9. The van der Waals surface area contributed by atoms with E-state index in [0.717, 1.165) is 72.1 Å². The highest BCUT2D eigenvalue weighted by Crippen LogP contribution is 2.64. The molecule has 10 aromatic carbocycles. The molecule has 0 bridgehead atoms. The minimum Gasteiger partial charge on any atom is -0.456 e. The van der Waals surface area contributed by atoms with E-state index in [-0.39, 0.29) is 0 Å². The molecular formula is C61H37NO2. The van der Waals surface area contributed by atoms with Gasteiger partial charge in [0.1, 0.15) is 22.3 Å². The molecule has 2 aliphatic rings. The minimum atomic E-state index is -0.456. The lowest BCUT2D eigenvalue weighted by atomic mass is 9.70. The van der Waals surface area contributed by atoms with Crippen LogP contribution in [0.1, 0.15) is 22.3 Å². The van der Waals surface area contributed by atoms with Crippen molar-refractivity contribution in [3.05, 3.63) is 247 Å². The fourth-order valence-corrected chi connectivity index (χ4v) is 11.2. The largest absolute Gasteiger partial charge is 0.456 e. The monoisotopic (exact) mass is 815 g/mol. The predicted molar refractivity (Wildman–Crippen MR) is 263 cm³/mol. The third kappa shape index (κ3) is 4.86. The van der Waals surface area contributed by atoms with Crippen molar-refractivity contribution in [2.24, 2.45) is 0 Å². The summed E-state index contributed by atoms with van der Waals surface area (Å²) in [7, 11) is 0. The lowest BCUT2D eigenvalue weighted by Gasteiger charge is -2.31. The maximum atomic E-state index is 6.67. The van der Waals surface area contributed by atoms with Crippen LogP contribution in [0.2, 0.25) is 0 Å². The SMILES string of the molecule is c1ccc(-c2ccc(N(c3ccc4oc5cc6c(cc5c4c3)oc3cc(-c4ccccc4)ccc36)c3cccc4c3-c3ccccc3C43c4ccccc4-c4ccccc43)cc2)cc1. The Morgan fingerprint density at radius 1 is 0.297 bits per heavy atom. The van der Waals surface area contributed by atoms with Crippen LogP contribution in [0.5, 0.6) is 0 Å². The van der Waals surface area contributed by atoms with Crippen molar-refractivity contribution in [2.75, 3.05) is 4.90 Å². The molecule has 298 valence electrons. The molecule has 0 saturated carbocycles. The van der Waals surface area contributed by atoms with Crippen LogP contribution in [0.25, 0.3) is 88.4 Å². The van der Waals surface area contributed by atoms with Gasteiger partial charge in [0, 0.05) is 38.5 Å². The van der Waals surface area contributed by atoms with Crippen LogP contribution < -0.4 is 4.90 Å². The zero-order valence-electron chi connectivity index (χ0n) is 34.6.